The average molecular weight is 409 g/mol. The van der Waals surface area contributed by atoms with Crippen LogP contribution in [-0.4, -0.2) is 19.4 Å². The maximum atomic E-state index is 12.6. The number of carbonyl (C=O) groups is 1. The third-order valence-electron chi connectivity index (χ3n) is 4.58. The largest absolute Gasteiger partial charge is 0.506 e. The normalized spacial score (nSPS) is 14.9. The van der Waals surface area contributed by atoms with E-state index < -0.39 is 10.0 Å². The lowest BCUT2D eigenvalue weighted by Gasteiger charge is -2.13. The summed E-state index contributed by atoms with van der Waals surface area (Å²) in [4.78, 5) is 12.1. The summed E-state index contributed by atoms with van der Waals surface area (Å²) in [5, 5.41) is 13.0. The fourth-order valence-electron chi connectivity index (χ4n) is 3.23. The van der Waals surface area contributed by atoms with E-state index in [9.17, 15) is 18.3 Å². The number of rotatable bonds is 6. The molecule has 0 unspecified atom stereocenters. The summed E-state index contributed by atoms with van der Waals surface area (Å²) in [6, 6.07) is 10.1. The van der Waals surface area contributed by atoms with Crippen molar-refractivity contribution >= 4 is 38.9 Å². The number of amides is 1. The quantitative estimate of drug-likeness (QED) is 0.618. The molecule has 0 spiro atoms. The van der Waals surface area contributed by atoms with E-state index in [2.05, 4.69) is 10.0 Å². The number of hydrogen-bond acceptors (Lipinski definition) is 4. The van der Waals surface area contributed by atoms with Crippen LogP contribution in [0.1, 0.15) is 32.1 Å². The molecule has 8 heteroatoms. The average Bonchev–Trinajstić information content (AvgIpc) is 3.09. The molecular weight excluding hydrogens is 388 g/mol. The van der Waals surface area contributed by atoms with Gasteiger partial charge < -0.3 is 10.4 Å². The number of benzene rings is 2. The Kier molecular flexibility index (Phi) is 5.92. The SMILES string of the molecule is O=C(CC1CCCC1)Nc1cc(S(=O)(=O)Nc2cccc(Cl)c2)ccc1O. The fraction of sp³-hybridized carbons (Fsp3) is 0.316. The van der Waals surface area contributed by atoms with Crippen LogP contribution in [0, 0.1) is 5.92 Å². The zero-order valence-corrected chi connectivity index (χ0v) is 16.2. The third kappa shape index (κ3) is 5.14. The zero-order chi connectivity index (χ0) is 19.4. The number of phenolic OH excluding ortho intramolecular Hbond substituents is 1. The Balaban J connectivity index is 1.76. The lowest BCUT2D eigenvalue weighted by atomic mass is 10.0. The highest BCUT2D eigenvalue weighted by molar-refractivity contribution is 7.92. The first-order valence-electron chi connectivity index (χ1n) is 8.75. The first-order valence-corrected chi connectivity index (χ1v) is 10.6. The van der Waals surface area contributed by atoms with Gasteiger partial charge in [-0.2, -0.15) is 0 Å². The van der Waals surface area contributed by atoms with E-state index in [-0.39, 0.29) is 22.2 Å². The van der Waals surface area contributed by atoms with Crippen LogP contribution in [-0.2, 0) is 14.8 Å². The summed E-state index contributed by atoms with van der Waals surface area (Å²) in [5.74, 6) is -0.0606. The monoisotopic (exact) mass is 408 g/mol. The highest BCUT2D eigenvalue weighted by Gasteiger charge is 2.21. The van der Waals surface area contributed by atoms with Crippen LogP contribution in [0.2, 0.25) is 5.02 Å². The Morgan fingerprint density at radius 2 is 1.89 bits per heavy atom. The first kappa shape index (κ1) is 19.5. The van der Waals surface area contributed by atoms with Crippen molar-refractivity contribution in [3.05, 3.63) is 47.5 Å². The summed E-state index contributed by atoms with van der Waals surface area (Å²) in [6.07, 6.45) is 4.68. The molecule has 0 aromatic heterocycles. The number of aromatic hydroxyl groups is 1. The van der Waals surface area contributed by atoms with Crippen LogP contribution >= 0.6 is 11.6 Å². The van der Waals surface area contributed by atoms with Crippen molar-refractivity contribution in [2.24, 2.45) is 5.92 Å². The lowest BCUT2D eigenvalue weighted by Crippen LogP contribution is -2.17. The molecule has 0 bridgehead atoms. The van der Waals surface area contributed by atoms with Gasteiger partial charge in [-0.15, -0.1) is 0 Å². The summed E-state index contributed by atoms with van der Waals surface area (Å²) in [5.41, 5.74) is 0.398. The molecule has 2 aromatic rings. The van der Waals surface area contributed by atoms with Crippen molar-refractivity contribution in [3.63, 3.8) is 0 Å². The van der Waals surface area contributed by atoms with Crippen molar-refractivity contribution in [2.75, 3.05) is 10.0 Å². The molecule has 1 fully saturated rings. The molecule has 1 aliphatic rings. The van der Waals surface area contributed by atoms with Crippen LogP contribution in [0.15, 0.2) is 47.4 Å². The van der Waals surface area contributed by atoms with Gasteiger partial charge in [-0.25, -0.2) is 8.42 Å². The van der Waals surface area contributed by atoms with Gasteiger partial charge in [0, 0.05) is 11.4 Å². The van der Waals surface area contributed by atoms with Gasteiger partial charge in [-0.3, -0.25) is 9.52 Å². The molecule has 0 heterocycles. The number of phenols is 1. The van der Waals surface area contributed by atoms with Gasteiger partial charge in [-0.1, -0.05) is 30.5 Å². The second kappa shape index (κ2) is 8.19. The van der Waals surface area contributed by atoms with E-state index in [1.165, 1.54) is 24.3 Å². The van der Waals surface area contributed by atoms with Gasteiger partial charge in [0.15, 0.2) is 0 Å². The number of halogens is 1. The standard InChI is InChI=1S/C19H21ClN2O4S/c20-14-6-3-7-15(11-14)22-27(25,26)16-8-9-18(23)17(12-16)21-19(24)10-13-4-1-2-5-13/h3,6-9,11-13,22-23H,1-2,4-5,10H2,(H,21,24). The molecule has 2 aromatic carbocycles. The molecule has 1 aliphatic carbocycles. The highest BCUT2D eigenvalue weighted by Crippen LogP contribution is 2.30. The van der Waals surface area contributed by atoms with Crippen molar-refractivity contribution in [3.8, 4) is 5.75 Å². The molecule has 0 saturated heterocycles. The van der Waals surface area contributed by atoms with Gasteiger partial charge in [0.1, 0.15) is 5.75 Å². The topological polar surface area (TPSA) is 95.5 Å². The summed E-state index contributed by atoms with van der Waals surface area (Å²) >= 11 is 5.88. The van der Waals surface area contributed by atoms with Crippen molar-refractivity contribution in [2.45, 2.75) is 37.0 Å². The van der Waals surface area contributed by atoms with Crippen LogP contribution < -0.4 is 10.0 Å². The zero-order valence-electron chi connectivity index (χ0n) is 14.6. The molecule has 1 amide bonds. The summed E-state index contributed by atoms with van der Waals surface area (Å²) < 4.78 is 27.6. The van der Waals surface area contributed by atoms with Gasteiger partial charge in [0.05, 0.1) is 16.3 Å². The van der Waals surface area contributed by atoms with Crippen molar-refractivity contribution in [1.29, 1.82) is 0 Å². The van der Waals surface area contributed by atoms with E-state index in [1.807, 2.05) is 0 Å². The molecule has 27 heavy (non-hydrogen) atoms. The van der Waals surface area contributed by atoms with Gasteiger partial charge in [0.25, 0.3) is 10.0 Å². The Morgan fingerprint density at radius 3 is 2.59 bits per heavy atom. The number of sulfonamides is 1. The maximum absolute atomic E-state index is 12.6. The van der Waals surface area contributed by atoms with Gasteiger partial charge in [0.2, 0.25) is 5.91 Å². The molecule has 1 saturated carbocycles. The Bertz CT molecular complexity index is 940. The van der Waals surface area contributed by atoms with Crippen molar-refractivity contribution < 1.29 is 18.3 Å². The fourth-order valence-corrected chi connectivity index (χ4v) is 4.49. The predicted molar refractivity (Wildman–Crippen MR) is 106 cm³/mol. The van der Waals surface area contributed by atoms with Crippen LogP contribution in [0.5, 0.6) is 5.75 Å². The lowest BCUT2D eigenvalue weighted by molar-refractivity contribution is -0.117. The molecule has 0 radical (unpaired) electrons. The first-order chi connectivity index (χ1) is 12.8. The molecule has 144 valence electrons. The van der Waals surface area contributed by atoms with Gasteiger partial charge in [-0.05, 0) is 55.2 Å². The second-order valence-electron chi connectivity index (χ2n) is 6.70. The minimum Gasteiger partial charge on any atom is -0.506 e. The molecular formula is C19H21ClN2O4S. The van der Waals surface area contributed by atoms with E-state index in [1.54, 1.807) is 18.2 Å². The Labute approximate surface area is 163 Å². The van der Waals surface area contributed by atoms with Crippen molar-refractivity contribution in [1.82, 2.24) is 0 Å². The number of carbonyl (C=O) groups excluding carboxylic acids is 1. The second-order valence-corrected chi connectivity index (χ2v) is 8.82. The third-order valence-corrected chi connectivity index (χ3v) is 6.19. The van der Waals surface area contributed by atoms with E-state index in [0.29, 0.717) is 23.0 Å². The molecule has 0 atom stereocenters. The highest BCUT2D eigenvalue weighted by atomic mass is 35.5. The van der Waals surface area contributed by atoms with Gasteiger partial charge >= 0.3 is 0 Å². The minimum atomic E-state index is -3.90. The number of hydrogen-bond donors (Lipinski definition) is 3. The van der Waals surface area contributed by atoms with Crippen LogP contribution in [0.4, 0.5) is 11.4 Å². The van der Waals surface area contributed by atoms with E-state index >= 15 is 0 Å². The minimum absolute atomic E-state index is 0.0727. The number of nitrogens with one attached hydrogen (secondary N) is 2. The summed E-state index contributed by atoms with van der Waals surface area (Å²) in [6.45, 7) is 0. The Morgan fingerprint density at radius 1 is 1.15 bits per heavy atom. The predicted octanol–water partition coefficient (Wildman–Crippen LogP) is 4.37. The van der Waals surface area contributed by atoms with Crippen LogP contribution in [0.25, 0.3) is 0 Å². The summed E-state index contributed by atoms with van der Waals surface area (Å²) in [7, 11) is -3.90. The smallest absolute Gasteiger partial charge is 0.261 e. The molecule has 6 nitrogen and oxygen atoms in total. The maximum Gasteiger partial charge on any atom is 0.261 e. The number of anilines is 2. The van der Waals surface area contributed by atoms with E-state index in [0.717, 1.165) is 25.7 Å². The molecule has 3 rings (SSSR count). The van der Waals surface area contributed by atoms with E-state index in [4.69, 9.17) is 11.6 Å². The molecule has 0 aliphatic heterocycles. The molecule has 3 N–H and O–H groups in total. The Hall–Kier alpha value is -2.25. The van der Waals surface area contributed by atoms with Crippen LogP contribution in [0.3, 0.4) is 0 Å².